The van der Waals surface area contributed by atoms with E-state index in [1.807, 2.05) is 18.8 Å². The Balaban J connectivity index is 2.25. The number of anilines is 2. The molecule has 2 unspecified atom stereocenters. The van der Waals surface area contributed by atoms with Gasteiger partial charge in [-0.2, -0.15) is 5.10 Å². The highest BCUT2D eigenvalue weighted by molar-refractivity contribution is 5.66. The topological polar surface area (TPSA) is 67.3 Å². The zero-order chi connectivity index (χ0) is 14.0. The monoisotopic (exact) mass is 266 g/mol. The average Bonchev–Trinajstić information content (AvgIpc) is 2.65. The number of nitrogens with zero attached hydrogens (tertiary/aromatic N) is 3. The molecule has 1 aromatic rings. The minimum atomic E-state index is -0.261. The third kappa shape index (κ3) is 2.71. The zero-order valence-electron chi connectivity index (χ0n) is 12.3. The Hall–Kier alpha value is -1.23. The number of hydrogen-bond donors (Lipinski definition) is 2. The van der Waals surface area contributed by atoms with Crippen molar-refractivity contribution >= 4 is 11.5 Å². The molecule has 19 heavy (non-hydrogen) atoms. The Morgan fingerprint density at radius 2 is 2.11 bits per heavy atom. The van der Waals surface area contributed by atoms with Crippen LogP contribution in [0.25, 0.3) is 0 Å². The number of likely N-dealkylation sites (N-methyl/N-ethyl adjacent to an activating group) is 1. The summed E-state index contributed by atoms with van der Waals surface area (Å²) in [5.41, 5.74) is 7.97. The van der Waals surface area contributed by atoms with E-state index in [0.717, 1.165) is 49.3 Å². The molecule has 1 fully saturated rings. The number of nitrogens with two attached hydrogens (primary N) is 1. The van der Waals surface area contributed by atoms with Gasteiger partial charge in [0.25, 0.3) is 0 Å². The molecule has 108 valence electrons. The Bertz CT molecular complexity index is 429. The molecule has 5 heteroatoms. The molecule has 0 amide bonds. The first-order chi connectivity index (χ1) is 9.06. The van der Waals surface area contributed by atoms with Crippen molar-refractivity contribution in [2.24, 2.45) is 7.05 Å². The first-order valence-corrected chi connectivity index (χ1v) is 7.28. The van der Waals surface area contributed by atoms with Gasteiger partial charge in [0.2, 0.25) is 0 Å². The van der Waals surface area contributed by atoms with Crippen LogP contribution in [-0.4, -0.2) is 34.1 Å². The lowest BCUT2D eigenvalue weighted by molar-refractivity contribution is 0.106. The standard InChI is InChI=1S/C14H26N4O/c1-4-7-10-13(15)14(18(3)16-10)17(2)11-8-5-6-9-12(11)19/h11-12,19H,4-9,15H2,1-3H3. The fraction of sp³-hybridized carbons (Fsp3) is 0.786. The van der Waals surface area contributed by atoms with Gasteiger partial charge < -0.3 is 15.7 Å². The fourth-order valence-electron chi connectivity index (χ4n) is 3.13. The zero-order valence-corrected chi connectivity index (χ0v) is 12.3. The quantitative estimate of drug-likeness (QED) is 0.870. The molecule has 0 saturated heterocycles. The van der Waals surface area contributed by atoms with E-state index in [1.165, 1.54) is 6.42 Å². The fourth-order valence-corrected chi connectivity index (χ4v) is 3.13. The van der Waals surface area contributed by atoms with Gasteiger partial charge in [-0.15, -0.1) is 0 Å². The smallest absolute Gasteiger partial charge is 0.150 e. The van der Waals surface area contributed by atoms with E-state index in [4.69, 9.17) is 5.73 Å². The molecule has 1 aliphatic carbocycles. The van der Waals surface area contributed by atoms with Gasteiger partial charge in [0, 0.05) is 14.1 Å². The van der Waals surface area contributed by atoms with Crippen molar-refractivity contribution in [3.63, 3.8) is 0 Å². The lowest BCUT2D eigenvalue weighted by atomic mass is 9.91. The second-order valence-electron chi connectivity index (χ2n) is 5.59. The predicted octanol–water partition coefficient (Wildman–Crippen LogP) is 1.69. The third-order valence-electron chi connectivity index (χ3n) is 4.14. The second-order valence-corrected chi connectivity index (χ2v) is 5.59. The number of aromatic nitrogens is 2. The van der Waals surface area contributed by atoms with Crippen molar-refractivity contribution < 1.29 is 5.11 Å². The number of hydrogen-bond acceptors (Lipinski definition) is 4. The molecular formula is C14H26N4O. The lowest BCUT2D eigenvalue weighted by Gasteiger charge is -2.36. The molecule has 0 radical (unpaired) electrons. The molecule has 3 N–H and O–H groups in total. The molecule has 1 aliphatic rings. The lowest BCUT2D eigenvalue weighted by Crippen LogP contribution is -2.44. The molecule has 1 aromatic heterocycles. The van der Waals surface area contributed by atoms with Crippen LogP contribution in [0.3, 0.4) is 0 Å². The van der Waals surface area contributed by atoms with E-state index in [1.54, 1.807) is 0 Å². The summed E-state index contributed by atoms with van der Waals surface area (Å²) >= 11 is 0. The third-order valence-corrected chi connectivity index (χ3v) is 4.14. The van der Waals surface area contributed by atoms with Crippen LogP contribution in [0.15, 0.2) is 0 Å². The molecule has 2 rings (SSSR count). The first-order valence-electron chi connectivity index (χ1n) is 7.28. The first kappa shape index (κ1) is 14.2. The average molecular weight is 266 g/mol. The molecule has 0 aliphatic heterocycles. The van der Waals surface area contributed by atoms with Gasteiger partial charge >= 0.3 is 0 Å². The molecule has 0 spiro atoms. The second kappa shape index (κ2) is 5.82. The Kier molecular flexibility index (Phi) is 4.34. The number of aliphatic hydroxyl groups is 1. The minimum absolute atomic E-state index is 0.154. The van der Waals surface area contributed by atoms with Crippen molar-refractivity contribution in [3.8, 4) is 0 Å². The molecule has 1 heterocycles. The highest BCUT2D eigenvalue weighted by Crippen LogP contribution is 2.31. The summed E-state index contributed by atoms with van der Waals surface area (Å²) in [7, 11) is 3.94. The summed E-state index contributed by atoms with van der Waals surface area (Å²) in [5.74, 6) is 0.939. The van der Waals surface area contributed by atoms with E-state index < -0.39 is 0 Å². The van der Waals surface area contributed by atoms with Gasteiger partial charge in [0.15, 0.2) is 0 Å². The van der Waals surface area contributed by atoms with Crippen LogP contribution in [-0.2, 0) is 13.5 Å². The highest BCUT2D eigenvalue weighted by Gasteiger charge is 2.29. The number of aliphatic hydroxyl groups excluding tert-OH is 1. The van der Waals surface area contributed by atoms with Crippen molar-refractivity contribution in [3.05, 3.63) is 5.69 Å². The Morgan fingerprint density at radius 3 is 2.74 bits per heavy atom. The summed E-state index contributed by atoms with van der Waals surface area (Å²) in [6.07, 6.45) is 5.87. The van der Waals surface area contributed by atoms with Gasteiger partial charge in [0.1, 0.15) is 5.82 Å². The van der Waals surface area contributed by atoms with E-state index in [-0.39, 0.29) is 12.1 Å². The van der Waals surface area contributed by atoms with E-state index in [0.29, 0.717) is 0 Å². The van der Waals surface area contributed by atoms with Crippen molar-refractivity contribution in [1.29, 1.82) is 0 Å². The normalized spacial score (nSPS) is 23.6. The van der Waals surface area contributed by atoms with Crippen LogP contribution < -0.4 is 10.6 Å². The molecule has 0 bridgehead atoms. The molecule has 1 saturated carbocycles. The maximum absolute atomic E-state index is 10.2. The van der Waals surface area contributed by atoms with Crippen molar-refractivity contribution in [2.45, 2.75) is 57.6 Å². The van der Waals surface area contributed by atoms with Crippen LogP contribution in [0.1, 0.15) is 44.7 Å². The number of aryl methyl sites for hydroxylation is 2. The van der Waals surface area contributed by atoms with Gasteiger partial charge in [-0.25, -0.2) is 0 Å². The molecular weight excluding hydrogens is 240 g/mol. The van der Waals surface area contributed by atoms with Crippen molar-refractivity contribution in [2.75, 3.05) is 17.7 Å². The minimum Gasteiger partial charge on any atom is -0.394 e. The van der Waals surface area contributed by atoms with Crippen LogP contribution in [0.2, 0.25) is 0 Å². The molecule has 2 atom stereocenters. The Morgan fingerprint density at radius 1 is 1.42 bits per heavy atom. The van der Waals surface area contributed by atoms with Gasteiger partial charge in [0.05, 0.1) is 23.5 Å². The van der Waals surface area contributed by atoms with Gasteiger partial charge in [-0.05, 0) is 19.3 Å². The number of rotatable bonds is 4. The summed E-state index contributed by atoms with van der Waals surface area (Å²) < 4.78 is 1.85. The summed E-state index contributed by atoms with van der Waals surface area (Å²) in [4.78, 5) is 2.12. The summed E-state index contributed by atoms with van der Waals surface area (Å²) in [6, 6.07) is 0.154. The van der Waals surface area contributed by atoms with Crippen LogP contribution in [0, 0.1) is 0 Å². The van der Waals surface area contributed by atoms with Crippen LogP contribution in [0.5, 0.6) is 0 Å². The van der Waals surface area contributed by atoms with Crippen molar-refractivity contribution in [1.82, 2.24) is 9.78 Å². The van der Waals surface area contributed by atoms with Gasteiger partial charge in [-0.3, -0.25) is 4.68 Å². The van der Waals surface area contributed by atoms with Gasteiger partial charge in [-0.1, -0.05) is 26.2 Å². The molecule has 0 aromatic carbocycles. The largest absolute Gasteiger partial charge is 0.394 e. The van der Waals surface area contributed by atoms with Crippen LogP contribution in [0.4, 0.5) is 11.5 Å². The summed E-state index contributed by atoms with van der Waals surface area (Å²) in [6.45, 7) is 2.13. The highest BCUT2D eigenvalue weighted by atomic mass is 16.3. The maximum atomic E-state index is 10.2. The predicted molar refractivity (Wildman–Crippen MR) is 78.3 cm³/mol. The molecule has 5 nitrogen and oxygen atoms in total. The van der Waals surface area contributed by atoms with E-state index >= 15 is 0 Å². The van der Waals surface area contributed by atoms with E-state index in [9.17, 15) is 5.11 Å². The van der Waals surface area contributed by atoms with Crippen LogP contribution >= 0.6 is 0 Å². The maximum Gasteiger partial charge on any atom is 0.150 e. The Labute approximate surface area is 115 Å². The number of nitrogen functional groups attached to an aromatic ring is 1. The SMILES string of the molecule is CCCc1nn(C)c(N(C)C2CCCCC2O)c1N. The summed E-state index contributed by atoms with van der Waals surface area (Å²) in [5, 5.41) is 14.7. The van der Waals surface area contributed by atoms with E-state index in [2.05, 4.69) is 16.9 Å².